The van der Waals surface area contributed by atoms with E-state index in [0.29, 0.717) is 30.0 Å². The minimum Gasteiger partial charge on any atom is -0.327 e. The molecule has 2 aliphatic heterocycles. The van der Waals surface area contributed by atoms with Gasteiger partial charge in [-0.3, -0.25) is 0 Å². The van der Waals surface area contributed by atoms with E-state index in [9.17, 15) is 8.42 Å². The van der Waals surface area contributed by atoms with Crippen molar-refractivity contribution in [1.29, 1.82) is 0 Å². The Morgan fingerprint density at radius 3 is 2.86 bits per heavy atom. The summed E-state index contributed by atoms with van der Waals surface area (Å²) in [6.45, 7) is 1.97. The lowest BCUT2D eigenvalue weighted by atomic mass is 9.98. The number of rotatable bonds is 2. The predicted molar refractivity (Wildman–Crippen MR) is 80.7 cm³/mol. The number of halogens is 1. The van der Waals surface area contributed by atoms with Crippen molar-refractivity contribution in [1.82, 2.24) is 13.9 Å². The molecule has 1 saturated carbocycles. The molecule has 3 atom stereocenters. The van der Waals surface area contributed by atoms with Crippen molar-refractivity contribution in [3.63, 3.8) is 0 Å². The second-order valence-electron chi connectivity index (χ2n) is 6.26. The van der Waals surface area contributed by atoms with Crippen molar-refractivity contribution < 1.29 is 8.42 Å². The molecule has 3 aliphatic rings. The van der Waals surface area contributed by atoms with Crippen LogP contribution in [0.25, 0.3) is 0 Å². The average Bonchev–Trinajstić information content (AvgIpc) is 3.09. The lowest BCUT2D eigenvalue weighted by Gasteiger charge is -2.18. The molecule has 1 aromatic heterocycles. The van der Waals surface area contributed by atoms with Crippen LogP contribution in [-0.2, 0) is 23.0 Å². The molecule has 0 bridgehead atoms. The van der Waals surface area contributed by atoms with Crippen molar-refractivity contribution in [3.8, 4) is 0 Å². The summed E-state index contributed by atoms with van der Waals surface area (Å²) in [5.41, 5.74) is 6.10. The van der Waals surface area contributed by atoms with Gasteiger partial charge in [-0.1, -0.05) is 0 Å². The summed E-state index contributed by atoms with van der Waals surface area (Å²) in [7, 11) is -3.41. The summed E-state index contributed by atoms with van der Waals surface area (Å²) >= 11 is 0. The molecule has 21 heavy (non-hydrogen) atoms. The fourth-order valence-electron chi connectivity index (χ4n) is 4.03. The third kappa shape index (κ3) is 2.21. The number of aromatic nitrogens is 2. The molecule has 1 aliphatic carbocycles. The molecule has 3 unspecified atom stereocenters. The van der Waals surface area contributed by atoms with Gasteiger partial charge < -0.3 is 10.3 Å². The van der Waals surface area contributed by atoms with Gasteiger partial charge in [0.25, 0.3) is 10.0 Å². The molecule has 0 aromatic carbocycles. The van der Waals surface area contributed by atoms with Gasteiger partial charge in [0, 0.05) is 32.1 Å². The van der Waals surface area contributed by atoms with Gasteiger partial charge in [0.15, 0.2) is 5.03 Å². The number of aryl methyl sites for hydroxylation is 1. The fourth-order valence-corrected chi connectivity index (χ4v) is 5.71. The summed E-state index contributed by atoms with van der Waals surface area (Å²) in [4.78, 5) is 4.25. The summed E-state index contributed by atoms with van der Waals surface area (Å²) in [6.07, 6.45) is 5.49. The monoisotopic (exact) mass is 332 g/mol. The number of hydrogen-bond acceptors (Lipinski definition) is 4. The van der Waals surface area contributed by atoms with Gasteiger partial charge in [-0.25, -0.2) is 13.4 Å². The van der Waals surface area contributed by atoms with Gasteiger partial charge in [-0.05, 0) is 31.1 Å². The Kier molecular flexibility index (Phi) is 3.80. The summed E-state index contributed by atoms with van der Waals surface area (Å²) in [6, 6.07) is 0.163. The molecule has 6 nitrogen and oxygen atoms in total. The highest BCUT2D eigenvalue weighted by atomic mass is 35.5. The fraction of sp³-hybridized carbons (Fsp3) is 0.769. The van der Waals surface area contributed by atoms with E-state index in [4.69, 9.17) is 5.73 Å². The second kappa shape index (κ2) is 5.22. The van der Waals surface area contributed by atoms with Gasteiger partial charge in [-0.2, -0.15) is 4.31 Å². The number of nitrogens with two attached hydrogens (primary N) is 1. The van der Waals surface area contributed by atoms with Crippen LogP contribution in [-0.4, -0.2) is 41.4 Å². The highest BCUT2D eigenvalue weighted by Crippen LogP contribution is 2.39. The van der Waals surface area contributed by atoms with Gasteiger partial charge in [0.1, 0.15) is 5.82 Å². The van der Waals surface area contributed by atoms with Gasteiger partial charge in [0.2, 0.25) is 0 Å². The molecular weight excluding hydrogens is 312 g/mol. The van der Waals surface area contributed by atoms with E-state index in [-0.39, 0.29) is 18.4 Å². The lowest BCUT2D eigenvalue weighted by Crippen LogP contribution is -2.34. The Morgan fingerprint density at radius 2 is 2.10 bits per heavy atom. The highest BCUT2D eigenvalue weighted by molar-refractivity contribution is 7.89. The topological polar surface area (TPSA) is 81.2 Å². The minimum atomic E-state index is -3.41. The zero-order chi connectivity index (χ0) is 13.9. The molecule has 1 aromatic rings. The highest BCUT2D eigenvalue weighted by Gasteiger charge is 2.46. The molecule has 1 saturated heterocycles. The Balaban J connectivity index is 0.00000132. The van der Waals surface area contributed by atoms with E-state index >= 15 is 0 Å². The average molecular weight is 333 g/mol. The Bertz CT molecular complexity index is 645. The first kappa shape index (κ1) is 15.3. The van der Waals surface area contributed by atoms with Crippen molar-refractivity contribution in [2.75, 3.05) is 13.1 Å². The van der Waals surface area contributed by atoms with E-state index in [0.717, 1.165) is 38.1 Å². The molecule has 8 heteroatoms. The maximum absolute atomic E-state index is 12.8. The van der Waals surface area contributed by atoms with Crippen LogP contribution >= 0.6 is 12.4 Å². The second-order valence-corrected chi connectivity index (χ2v) is 8.14. The Morgan fingerprint density at radius 1 is 1.29 bits per heavy atom. The maximum Gasteiger partial charge on any atom is 0.260 e. The Hall–Kier alpha value is -0.630. The van der Waals surface area contributed by atoms with Crippen molar-refractivity contribution >= 4 is 22.4 Å². The van der Waals surface area contributed by atoms with E-state index in [1.54, 1.807) is 4.31 Å². The first-order chi connectivity index (χ1) is 9.57. The summed E-state index contributed by atoms with van der Waals surface area (Å²) in [5.74, 6) is 1.69. The molecule has 2 N–H and O–H groups in total. The lowest BCUT2D eigenvalue weighted by molar-refractivity contribution is 0.423. The van der Waals surface area contributed by atoms with Crippen LogP contribution in [0.3, 0.4) is 0 Å². The molecule has 0 radical (unpaired) electrons. The van der Waals surface area contributed by atoms with E-state index in [2.05, 4.69) is 4.98 Å². The van der Waals surface area contributed by atoms with Crippen LogP contribution in [0.2, 0.25) is 0 Å². The SMILES string of the molecule is Cl.NC1CCC2CN(S(=O)(=O)c3cnc4n3CCC4)CC12. The smallest absolute Gasteiger partial charge is 0.260 e. The van der Waals surface area contributed by atoms with Gasteiger partial charge in [-0.15, -0.1) is 12.4 Å². The van der Waals surface area contributed by atoms with Gasteiger partial charge >= 0.3 is 0 Å². The minimum absolute atomic E-state index is 0. The predicted octanol–water partition coefficient (Wildman–Crippen LogP) is 0.609. The molecule has 118 valence electrons. The zero-order valence-corrected chi connectivity index (χ0v) is 13.4. The van der Waals surface area contributed by atoms with Gasteiger partial charge in [0.05, 0.1) is 6.20 Å². The standard InChI is InChI=1S/C13H20N4O2S.ClH/c14-11-4-3-9-7-16(8-10(9)11)20(18,19)13-6-15-12-2-1-5-17(12)13;/h6,9-11H,1-5,7-8,14H2;1H. The van der Waals surface area contributed by atoms with Crippen LogP contribution in [0, 0.1) is 11.8 Å². The quantitative estimate of drug-likeness (QED) is 0.860. The first-order valence-corrected chi connectivity index (χ1v) is 8.81. The van der Waals surface area contributed by atoms with Crippen LogP contribution in [0.4, 0.5) is 0 Å². The van der Waals surface area contributed by atoms with Crippen molar-refractivity contribution in [2.45, 2.75) is 43.3 Å². The largest absolute Gasteiger partial charge is 0.327 e. The third-order valence-electron chi connectivity index (χ3n) is 5.17. The maximum atomic E-state index is 12.8. The molecule has 3 heterocycles. The molecular formula is C13H21ClN4O2S. The first-order valence-electron chi connectivity index (χ1n) is 7.37. The van der Waals surface area contributed by atoms with Crippen molar-refractivity contribution in [3.05, 3.63) is 12.0 Å². The van der Waals surface area contributed by atoms with E-state index < -0.39 is 10.0 Å². The number of hydrogen-bond donors (Lipinski definition) is 1. The molecule has 4 rings (SSSR count). The Labute approximate surface area is 131 Å². The molecule has 0 amide bonds. The zero-order valence-electron chi connectivity index (χ0n) is 11.8. The number of fused-ring (bicyclic) bond motifs is 2. The normalized spacial score (nSPS) is 32.0. The summed E-state index contributed by atoms with van der Waals surface area (Å²) in [5, 5.41) is 0.374. The van der Waals surface area contributed by atoms with Crippen LogP contribution in [0.5, 0.6) is 0 Å². The number of imidazole rings is 1. The van der Waals surface area contributed by atoms with Crippen molar-refractivity contribution in [2.24, 2.45) is 17.6 Å². The van der Waals surface area contributed by atoms with Crippen LogP contribution in [0.1, 0.15) is 25.1 Å². The third-order valence-corrected chi connectivity index (χ3v) is 7.00. The van der Waals surface area contributed by atoms with Crippen LogP contribution in [0.15, 0.2) is 11.2 Å². The number of nitrogens with zero attached hydrogens (tertiary/aromatic N) is 3. The van der Waals surface area contributed by atoms with Crippen LogP contribution < -0.4 is 5.73 Å². The number of sulfonamides is 1. The summed E-state index contributed by atoms with van der Waals surface area (Å²) < 4.78 is 29.1. The molecule has 2 fully saturated rings. The van der Waals surface area contributed by atoms with E-state index in [1.165, 1.54) is 6.20 Å². The van der Waals surface area contributed by atoms with E-state index in [1.807, 2.05) is 4.57 Å². The molecule has 0 spiro atoms.